The smallest absolute Gasteiger partial charge is 0.145 e. The average molecular weight is 338 g/mol. The maximum absolute atomic E-state index is 5.77. The first kappa shape index (κ1) is 15.1. The summed E-state index contributed by atoms with van der Waals surface area (Å²) in [5.74, 6) is 2.13. The van der Waals surface area contributed by atoms with E-state index in [1.807, 2.05) is 17.7 Å². The fraction of sp³-hybridized carbons (Fsp3) is 0.400. The van der Waals surface area contributed by atoms with Crippen molar-refractivity contribution in [1.29, 1.82) is 0 Å². The minimum atomic E-state index is 0.441. The second-order valence-corrected chi connectivity index (χ2v) is 5.80. The molecular weight excluding hydrogens is 318 g/mol. The number of benzene rings is 1. The summed E-state index contributed by atoms with van der Waals surface area (Å²) in [5, 5.41) is 0. The summed E-state index contributed by atoms with van der Waals surface area (Å²) >= 11 is 3.47. The third-order valence-corrected chi connectivity index (χ3v) is 4.12. The summed E-state index contributed by atoms with van der Waals surface area (Å²) < 4.78 is 8.26. The van der Waals surface area contributed by atoms with E-state index in [-0.39, 0.29) is 0 Å². The molecule has 0 unspecified atom stereocenters. The van der Waals surface area contributed by atoms with Crippen LogP contribution in [0.4, 0.5) is 0 Å². The molecule has 0 aliphatic carbocycles. The monoisotopic (exact) mass is 337 g/mol. The molecule has 0 spiro atoms. The number of methoxy groups -OCH3 is 1. The van der Waals surface area contributed by atoms with Crippen LogP contribution in [-0.2, 0) is 13.6 Å². The third kappa shape index (κ3) is 2.60. The molecule has 4 nitrogen and oxygen atoms in total. The number of imidazole rings is 1. The van der Waals surface area contributed by atoms with Gasteiger partial charge in [0.25, 0.3) is 0 Å². The SMILES string of the molecule is COc1ccc(C(C)C)cc1-c1nc(Br)c(CN)n1C. The number of aromatic nitrogens is 2. The minimum Gasteiger partial charge on any atom is -0.496 e. The van der Waals surface area contributed by atoms with Gasteiger partial charge in [-0.3, -0.25) is 0 Å². The number of hydrogen-bond donors (Lipinski definition) is 1. The molecule has 0 bridgehead atoms. The molecule has 20 heavy (non-hydrogen) atoms. The Morgan fingerprint density at radius 1 is 1.40 bits per heavy atom. The van der Waals surface area contributed by atoms with Crippen molar-refractivity contribution in [2.24, 2.45) is 12.8 Å². The normalized spacial score (nSPS) is 11.2. The average Bonchev–Trinajstić information content (AvgIpc) is 2.72. The molecule has 0 fully saturated rings. The largest absolute Gasteiger partial charge is 0.496 e. The summed E-state index contributed by atoms with van der Waals surface area (Å²) in [6, 6.07) is 6.22. The fourth-order valence-corrected chi connectivity index (χ4v) is 2.82. The summed E-state index contributed by atoms with van der Waals surface area (Å²) in [7, 11) is 3.65. The summed E-state index contributed by atoms with van der Waals surface area (Å²) in [6.07, 6.45) is 0. The van der Waals surface area contributed by atoms with Crippen LogP contribution in [0.3, 0.4) is 0 Å². The molecule has 5 heteroatoms. The molecule has 1 aromatic heterocycles. The minimum absolute atomic E-state index is 0.441. The first-order valence-corrected chi connectivity index (χ1v) is 7.38. The van der Waals surface area contributed by atoms with Crippen molar-refractivity contribution in [1.82, 2.24) is 9.55 Å². The van der Waals surface area contributed by atoms with Gasteiger partial charge in [0.05, 0.1) is 18.4 Å². The lowest BCUT2D eigenvalue weighted by molar-refractivity contribution is 0.415. The van der Waals surface area contributed by atoms with Crippen LogP contribution >= 0.6 is 15.9 Å². The molecule has 0 saturated carbocycles. The zero-order valence-electron chi connectivity index (χ0n) is 12.3. The van der Waals surface area contributed by atoms with E-state index in [1.54, 1.807) is 7.11 Å². The van der Waals surface area contributed by atoms with Crippen molar-refractivity contribution in [3.8, 4) is 17.1 Å². The first-order valence-electron chi connectivity index (χ1n) is 6.59. The van der Waals surface area contributed by atoms with Gasteiger partial charge in [-0.25, -0.2) is 4.98 Å². The zero-order chi connectivity index (χ0) is 14.9. The van der Waals surface area contributed by atoms with Crippen molar-refractivity contribution in [3.63, 3.8) is 0 Å². The molecule has 0 atom stereocenters. The number of rotatable bonds is 4. The summed E-state index contributed by atoms with van der Waals surface area (Å²) in [6.45, 7) is 4.78. The number of nitrogens with zero attached hydrogens (tertiary/aromatic N) is 2. The fourth-order valence-electron chi connectivity index (χ4n) is 2.22. The van der Waals surface area contributed by atoms with Crippen LogP contribution in [0.25, 0.3) is 11.4 Å². The molecule has 2 aromatic rings. The molecule has 0 saturated heterocycles. The molecule has 2 N–H and O–H groups in total. The number of nitrogens with two attached hydrogens (primary N) is 1. The predicted molar refractivity (Wildman–Crippen MR) is 84.9 cm³/mol. The van der Waals surface area contributed by atoms with Gasteiger partial charge in [0, 0.05) is 13.6 Å². The van der Waals surface area contributed by atoms with Gasteiger partial charge in [0.2, 0.25) is 0 Å². The van der Waals surface area contributed by atoms with Gasteiger partial charge in [-0.15, -0.1) is 0 Å². The highest BCUT2D eigenvalue weighted by Crippen LogP contribution is 2.34. The maximum Gasteiger partial charge on any atom is 0.145 e. The summed E-state index contributed by atoms with van der Waals surface area (Å²) in [5.41, 5.74) is 8.99. The van der Waals surface area contributed by atoms with E-state index in [1.165, 1.54) is 5.56 Å². The van der Waals surface area contributed by atoms with Gasteiger partial charge >= 0.3 is 0 Å². The highest BCUT2D eigenvalue weighted by atomic mass is 79.9. The topological polar surface area (TPSA) is 53.1 Å². The Kier molecular flexibility index (Phi) is 4.50. The van der Waals surface area contributed by atoms with E-state index in [0.717, 1.165) is 27.4 Å². The number of ether oxygens (including phenoxy) is 1. The Morgan fingerprint density at radius 3 is 2.60 bits per heavy atom. The second-order valence-electron chi connectivity index (χ2n) is 5.05. The highest BCUT2D eigenvalue weighted by Gasteiger charge is 2.17. The Morgan fingerprint density at radius 2 is 2.10 bits per heavy atom. The number of halogens is 1. The van der Waals surface area contributed by atoms with Crippen LogP contribution in [0.1, 0.15) is 31.0 Å². The highest BCUT2D eigenvalue weighted by molar-refractivity contribution is 9.10. The predicted octanol–water partition coefficient (Wildman–Crippen LogP) is 3.44. The number of hydrogen-bond acceptors (Lipinski definition) is 3. The van der Waals surface area contributed by atoms with Crippen LogP contribution in [0.15, 0.2) is 22.8 Å². The molecular formula is C15H20BrN3O. The Labute approximate surface area is 128 Å². The van der Waals surface area contributed by atoms with E-state index in [2.05, 4.69) is 46.9 Å². The lowest BCUT2D eigenvalue weighted by atomic mass is 10.00. The standard InChI is InChI=1S/C15H20BrN3O/c1-9(2)10-5-6-13(20-4)11(7-10)15-18-14(16)12(8-17)19(15)3/h5-7,9H,8,17H2,1-4H3. The molecule has 0 aliphatic rings. The van der Waals surface area contributed by atoms with Gasteiger partial charge in [0.1, 0.15) is 16.2 Å². The second kappa shape index (κ2) is 5.97. The van der Waals surface area contributed by atoms with Gasteiger partial charge in [-0.05, 0) is 39.5 Å². The molecule has 2 rings (SSSR count). The molecule has 0 amide bonds. The maximum atomic E-state index is 5.77. The lowest BCUT2D eigenvalue weighted by Gasteiger charge is -2.13. The molecule has 0 radical (unpaired) electrons. The van der Waals surface area contributed by atoms with Crippen molar-refractivity contribution in [2.45, 2.75) is 26.3 Å². The van der Waals surface area contributed by atoms with Crippen LogP contribution in [0, 0.1) is 0 Å². The van der Waals surface area contributed by atoms with Gasteiger partial charge in [0.15, 0.2) is 0 Å². The molecule has 108 valence electrons. The van der Waals surface area contributed by atoms with E-state index in [9.17, 15) is 0 Å². The van der Waals surface area contributed by atoms with Crippen molar-refractivity contribution >= 4 is 15.9 Å². The van der Waals surface area contributed by atoms with Crippen molar-refractivity contribution < 1.29 is 4.74 Å². The molecule has 1 aromatic carbocycles. The Bertz CT molecular complexity index is 620. The summed E-state index contributed by atoms with van der Waals surface area (Å²) in [4.78, 5) is 4.58. The van der Waals surface area contributed by atoms with Crippen molar-refractivity contribution in [2.75, 3.05) is 7.11 Å². The Hall–Kier alpha value is -1.33. The quantitative estimate of drug-likeness (QED) is 0.929. The van der Waals surface area contributed by atoms with Gasteiger partial charge < -0.3 is 15.0 Å². The Balaban J connectivity index is 2.64. The first-order chi connectivity index (χ1) is 9.49. The van der Waals surface area contributed by atoms with Gasteiger partial charge in [-0.2, -0.15) is 0 Å². The zero-order valence-corrected chi connectivity index (χ0v) is 13.9. The third-order valence-electron chi connectivity index (χ3n) is 3.49. The molecule has 0 aliphatic heterocycles. The van der Waals surface area contributed by atoms with Crippen LogP contribution < -0.4 is 10.5 Å². The van der Waals surface area contributed by atoms with Crippen LogP contribution in [0.2, 0.25) is 0 Å². The van der Waals surface area contributed by atoms with E-state index in [4.69, 9.17) is 10.5 Å². The van der Waals surface area contributed by atoms with E-state index >= 15 is 0 Å². The van der Waals surface area contributed by atoms with Crippen LogP contribution in [0.5, 0.6) is 5.75 Å². The lowest BCUT2D eigenvalue weighted by Crippen LogP contribution is -2.05. The van der Waals surface area contributed by atoms with Crippen molar-refractivity contribution in [3.05, 3.63) is 34.1 Å². The van der Waals surface area contributed by atoms with Crippen LogP contribution in [-0.4, -0.2) is 16.7 Å². The van der Waals surface area contributed by atoms with E-state index in [0.29, 0.717) is 12.5 Å². The molecule has 1 heterocycles. The van der Waals surface area contributed by atoms with Gasteiger partial charge in [-0.1, -0.05) is 19.9 Å². The van der Waals surface area contributed by atoms with E-state index < -0.39 is 0 Å².